The second-order valence-corrected chi connectivity index (χ2v) is 9.95. The number of Topliss-reactive ketones (excluding diaryl/α,β-unsaturated/α-hetero) is 1. The van der Waals surface area contributed by atoms with E-state index in [-0.39, 0.29) is 26.9 Å². The van der Waals surface area contributed by atoms with Crippen LogP contribution in [0.4, 0.5) is 0 Å². The number of rotatable bonds is 9. The zero-order valence-electron chi connectivity index (χ0n) is 21.3. The molecule has 1 atom stereocenters. The number of amides is 1. The van der Waals surface area contributed by atoms with Crippen molar-refractivity contribution in [1.29, 1.82) is 0 Å². The van der Waals surface area contributed by atoms with Crippen LogP contribution in [0.2, 0.25) is 10.0 Å². The van der Waals surface area contributed by atoms with Crippen LogP contribution in [0, 0.1) is 0 Å². The normalized spacial score (nSPS) is 16.8. The fraction of sp³-hybridized carbons (Fsp3) is 0.241. The van der Waals surface area contributed by atoms with Gasteiger partial charge in [-0.2, -0.15) is 0 Å². The van der Waals surface area contributed by atoms with E-state index < -0.39 is 23.5 Å². The van der Waals surface area contributed by atoms with Gasteiger partial charge in [0.05, 0.1) is 29.3 Å². The first-order chi connectivity index (χ1) is 18.2. The highest BCUT2D eigenvalue weighted by atomic mass is 35.5. The molecule has 1 aliphatic rings. The number of ether oxygens (including phenoxy) is 2. The van der Waals surface area contributed by atoms with Crippen LogP contribution >= 0.6 is 23.2 Å². The third-order valence-corrected chi connectivity index (χ3v) is 6.66. The van der Waals surface area contributed by atoms with E-state index in [1.54, 1.807) is 24.3 Å². The van der Waals surface area contributed by atoms with E-state index in [0.717, 1.165) is 0 Å². The topological polar surface area (TPSA) is 79.3 Å². The minimum atomic E-state index is -0.862. The summed E-state index contributed by atoms with van der Waals surface area (Å²) in [6.07, 6.45) is 0.628. The van der Waals surface area contributed by atoms with Crippen LogP contribution in [-0.2, 0) is 9.59 Å². The summed E-state index contributed by atoms with van der Waals surface area (Å²) in [5.41, 5.74) is 0.655. The highest BCUT2D eigenvalue weighted by Gasteiger charge is 2.46. The minimum Gasteiger partial charge on any atom is -0.507 e. The number of para-hydroxylation sites is 1. The van der Waals surface area contributed by atoms with Crippen LogP contribution in [0.1, 0.15) is 23.6 Å². The lowest BCUT2D eigenvalue weighted by Crippen LogP contribution is -2.32. The molecule has 1 aliphatic heterocycles. The lowest BCUT2D eigenvalue weighted by atomic mass is 9.94. The first-order valence-electron chi connectivity index (χ1n) is 12.0. The molecule has 1 heterocycles. The molecule has 1 unspecified atom stereocenters. The van der Waals surface area contributed by atoms with Gasteiger partial charge in [0, 0.05) is 11.6 Å². The van der Waals surface area contributed by atoms with Gasteiger partial charge in [0.2, 0.25) is 0 Å². The Bertz CT molecular complexity index is 1370. The number of benzene rings is 3. The second kappa shape index (κ2) is 11.9. The summed E-state index contributed by atoms with van der Waals surface area (Å²) in [4.78, 5) is 30.2. The molecule has 38 heavy (non-hydrogen) atoms. The van der Waals surface area contributed by atoms with Crippen LogP contribution in [-0.4, -0.2) is 60.9 Å². The Hall–Kier alpha value is -3.52. The maximum atomic E-state index is 13.4. The summed E-state index contributed by atoms with van der Waals surface area (Å²) < 4.78 is 11.4. The van der Waals surface area contributed by atoms with E-state index >= 15 is 0 Å². The van der Waals surface area contributed by atoms with Crippen molar-refractivity contribution in [2.24, 2.45) is 0 Å². The summed E-state index contributed by atoms with van der Waals surface area (Å²) >= 11 is 12.5. The molecule has 0 radical (unpaired) electrons. The van der Waals surface area contributed by atoms with Gasteiger partial charge in [-0.15, -0.1) is 0 Å². The van der Waals surface area contributed by atoms with Crippen molar-refractivity contribution >= 4 is 40.7 Å². The van der Waals surface area contributed by atoms with Crippen LogP contribution in [0.5, 0.6) is 17.2 Å². The van der Waals surface area contributed by atoms with Gasteiger partial charge in [-0.05, 0) is 69.0 Å². The van der Waals surface area contributed by atoms with Gasteiger partial charge >= 0.3 is 0 Å². The van der Waals surface area contributed by atoms with Crippen molar-refractivity contribution in [2.45, 2.75) is 12.5 Å². The molecule has 198 valence electrons. The number of ketones is 1. The number of hydrogen-bond donors (Lipinski definition) is 1. The molecule has 0 aliphatic carbocycles. The van der Waals surface area contributed by atoms with Gasteiger partial charge < -0.3 is 24.4 Å². The monoisotopic (exact) mass is 554 g/mol. The molecule has 3 aromatic rings. The summed E-state index contributed by atoms with van der Waals surface area (Å²) in [6.45, 7) is 1.02. The first kappa shape index (κ1) is 27.5. The molecule has 9 heteroatoms. The smallest absolute Gasteiger partial charge is 0.295 e. The third-order valence-electron chi connectivity index (χ3n) is 6.16. The van der Waals surface area contributed by atoms with Crippen molar-refractivity contribution in [1.82, 2.24) is 9.80 Å². The number of nitrogens with zero attached hydrogens (tertiary/aromatic N) is 2. The molecule has 7 nitrogen and oxygen atoms in total. The van der Waals surface area contributed by atoms with Crippen molar-refractivity contribution in [3.63, 3.8) is 0 Å². The fourth-order valence-corrected chi connectivity index (χ4v) is 5.05. The SMILES string of the molecule is COc1c(Cl)cc(Cl)cc1/C(O)=C1\C(=O)C(=O)N(CCCN(C)C)C1c1cccc(Oc2ccccc2)c1. The maximum Gasteiger partial charge on any atom is 0.295 e. The largest absolute Gasteiger partial charge is 0.507 e. The molecule has 4 rings (SSSR count). The molecule has 3 aromatic carbocycles. The van der Waals surface area contributed by atoms with Gasteiger partial charge in [-0.25, -0.2) is 0 Å². The first-order valence-corrected chi connectivity index (χ1v) is 12.8. The molecule has 0 spiro atoms. The number of carbonyl (C=O) groups excluding carboxylic acids is 2. The van der Waals surface area contributed by atoms with Crippen molar-refractivity contribution in [3.05, 3.63) is 93.5 Å². The number of methoxy groups -OCH3 is 1. The summed E-state index contributed by atoms with van der Waals surface area (Å²) in [7, 11) is 5.27. The Morgan fingerprint density at radius 2 is 1.71 bits per heavy atom. The number of hydrogen-bond acceptors (Lipinski definition) is 6. The molecule has 1 N–H and O–H groups in total. The quantitative estimate of drug-likeness (QED) is 0.193. The summed E-state index contributed by atoms with van der Waals surface area (Å²) in [5, 5.41) is 11.9. The zero-order chi connectivity index (χ0) is 27.4. The molecule has 1 amide bonds. The lowest BCUT2D eigenvalue weighted by Gasteiger charge is -2.26. The molecule has 0 aromatic heterocycles. The standard InChI is InChI=1S/C29H28Cl2N2O5/c1-32(2)13-8-14-33-25(18-9-7-12-21(15-18)38-20-10-5-4-6-11-20)24(27(35)29(33)36)26(34)22-16-19(30)17-23(31)28(22)37-3/h4-7,9-12,15-17,25,34H,8,13-14H2,1-3H3/b26-24+. The van der Waals surface area contributed by atoms with Gasteiger partial charge in [0.1, 0.15) is 23.0 Å². The highest BCUT2D eigenvalue weighted by Crippen LogP contribution is 2.44. The molecule has 1 fully saturated rings. The van der Waals surface area contributed by atoms with E-state index in [1.807, 2.05) is 49.3 Å². The molecular weight excluding hydrogens is 527 g/mol. The fourth-order valence-electron chi connectivity index (χ4n) is 4.48. The third kappa shape index (κ3) is 5.80. The van der Waals surface area contributed by atoms with Gasteiger partial charge in [-0.1, -0.05) is 53.5 Å². The molecule has 0 saturated carbocycles. The Morgan fingerprint density at radius 1 is 1.00 bits per heavy atom. The van der Waals surface area contributed by atoms with Crippen LogP contribution in [0.15, 0.2) is 72.3 Å². The number of aliphatic hydroxyl groups is 1. The van der Waals surface area contributed by atoms with Crippen molar-refractivity contribution < 1.29 is 24.2 Å². The zero-order valence-corrected chi connectivity index (χ0v) is 22.8. The average molecular weight is 555 g/mol. The molecule has 0 bridgehead atoms. The molecular formula is C29H28Cl2N2O5. The van der Waals surface area contributed by atoms with E-state index in [9.17, 15) is 14.7 Å². The summed E-state index contributed by atoms with van der Waals surface area (Å²) in [6, 6.07) is 18.5. The van der Waals surface area contributed by atoms with Crippen LogP contribution < -0.4 is 9.47 Å². The lowest BCUT2D eigenvalue weighted by molar-refractivity contribution is -0.139. The Kier molecular flexibility index (Phi) is 8.62. The van der Waals surface area contributed by atoms with Gasteiger partial charge in [0.15, 0.2) is 0 Å². The van der Waals surface area contributed by atoms with E-state index in [2.05, 4.69) is 0 Å². The van der Waals surface area contributed by atoms with E-state index in [0.29, 0.717) is 36.6 Å². The van der Waals surface area contributed by atoms with Crippen molar-refractivity contribution in [2.75, 3.05) is 34.3 Å². The number of halogens is 2. The Morgan fingerprint density at radius 3 is 2.39 bits per heavy atom. The predicted molar refractivity (Wildman–Crippen MR) is 148 cm³/mol. The van der Waals surface area contributed by atoms with E-state index in [1.165, 1.54) is 24.1 Å². The predicted octanol–water partition coefficient (Wildman–Crippen LogP) is 6.17. The van der Waals surface area contributed by atoms with Gasteiger partial charge in [-0.3, -0.25) is 9.59 Å². The van der Waals surface area contributed by atoms with Crippen molar-refractivity contribution in [3.8, 4) is 17.2 Å². The van der Waals surface area contributed by atoms with E-state index in [4.69, 9.17) is 32.7 Å². The number of likely N-dealkylation sites (tertiary alicyclic amines) is 1. The molecule has 1 saturated heterocycles. The Labute approximate surface area is 231 Å². The number of carbonyl (C=O) groups is 2. The Balaban J connectivity index is 1.85. The number of aliphatic hydroxyl groups excluding tert-OH is 1. The summed E-state index contributed by atoms with van der Waals surface area (Å²) in [5.74, 6) is -0.605. The average Bonchev–Trinajstić information content (AvgIpc) is 3.13. The highest BCUT2D eigenvalue weighted by molar-refractivity contribution is 6.46. The minimum absolute atomic E-state index is 0.0756. The maximum absolute atomic E-state index is 13.4. The van der Waals surface area contributed by atoms with Crippen LogP contribution in [0.25, 0.3) is 5.76 Å². The van der Waals surface area contributed by atoms with Gasteiger partial charge in [0.25, 0.3) is 11.7 Å². The second-order valence-electron chi connectivity index (χ2n) is 9.11. The van der Waals surface area contributed by atoms with Crippen LogP contribution in [0.3, 0.4) is 0 Å².